The summed E-state index contributed by atoms with van der Waals surface area (Å²) in [5.74, 6) is 0.0465. The van der Waals surface area contributed by atoms with Crippen molar-refractivity contribution in [1.29, 1.82) is 0 Å². The molecule has 3 saturated carbocycles. The van der Waals surface area contributed by atoms with E-state index < -0.39 is 5.60 Å². The van der Waals surface area contributed by atoms with E-state index in [9.17, 15) is 14.4 Å². The smallest absolute Gasteiger partial charge is 0.309 e. The van der Waals surface area contributed by atoms with Crippen molar-refractivity contribution in [2.75, 3.05) is 14.2 Å². The van der Waals surface area contributed by atoms with Gasteiger partial charge in [-0.05, 0) is 67.8 Å². The predicted octanol–water partition coefficient (Wildman–Crippen LogP) is 3.62. The second-order valence-electron chi connectivity index (χ2n) is 11.0. The largest absolute Gasteiger partial charge is 0.469 e. The van der Waals surface area contributed by atoms with Crippen LogP contribution in [0.25, 0.3) is 0 Å². The standard InChI is InChI=1S/C25H34O6/c1-23-8-5-15(26)11-14(23)12-16(22(28)30-4)20-17-6-9-25(10-7-19(27)31-25)24(17,2)13-18(29-3)21(20)23/h11,16-18,20-21H,5-10,12-13H2,1-4H3. The molecular weight excluding hydrogens is 396 g/mol. The zero-order valence-electron chi connectivity index (χ0n) is 19.1. The van der Waals surface area contributed by atoms with Crippen LogP contribution < -0.4 is 0 Å². The van der Waals surface area contributed by atoms with Gasteiger partial charge in [0.1, 0.15) is 5.60 Å². The van der Waals surface area contributed by atoms with Crippen molar-refractivity contribution < 1.29 is 28.6 Å². The summed E-state index contributed by atoms with van der Waals surface area (Å²) in [7, 11) is 3.21. The van der Waals surface area contributed by atoms with Gasteiger partial charge in [-0.25, -0.2) is 0 Å². The third-order valence-electron chi connectivity index (χ3n) is 10.1. The Kier molecular flexibility index (Phi) is 4.71. The second kappa shape index (κ2) is 6.90. The number of carbonyl (C=O) groups is 3. The lowest BCUT2D eigenvalue weighted by Gasteiger charge is -2.62. The highest BCUT2D eigenvalue weighted by atomic mass is 16.6. The molecule has 1 spiro atoms. The quantitative estimate of drug-likeness (QED) is 0.623. The maximum Gasteiger partial charge on any atom is 0.309 e. The van der Waals surface area contributed by atoms with Gasteiger partial charge in [0.25, 0.3) is 0 Å². The van der Waals surface area contributed by atoms with E-state index in [-0.39, 0.29) is 58.3 Å². The number of methoxy groups -OCH3 is 2. The highest BCUT2D eigenvalue weighted by Gasteiger charge is 2.71. The first kappa shape index (κ1) is 21.2. The van der Waals surface area contributed by atoms with Crippen LogP contribution in [-0.4, -0.2) is 43.6 Å². The molecule has 5 aliphatic rings. The van der Waals surface area contributed by atoms with Gasteiger partial charge in [-0.2, -0.15) is 0 Å². The van der Waals surface area contributed by atoms with Crippen molar-refractivity contribution in [2.45, 2.75) is 76.9 Å². The zero-order valence-corrected chi connectivity index (χ0v) is 19.1. The van der Waals surface area contributed by atoms with E-state index in [0.29, 0.717) is 19.3 Å². The summed E-state index contributed by atoms with van der Waals surface area (Å²) in [6, 6.07) is 0. The van der Waals surface area contributed by atoms with Crippen LogP contribution in [0.1, 0.15) is 65.2 Å². The number of esters is 2. The fourth-order valence-corrected chi connectivity index (χ4v) is 8.54. The molecule has 6 heteroatoms. The highest BCUT2D eigenvalue weighted by molar-refractivity contribution is 5.92. The number of ketones is 1. The van der Waals surface area contributed by atoms with E-state index >= 15 is 0 Å². The molecule has 31 heavy (non-hydrogen) atoms. The molecule has 0 N–H and O–H groups in total. The summed E-state index contributed by atoms with van der Waals surface area (Å²) in [5.41, 5.74) is 0.255. The molecule has 1 heterocycles. The monoisotopic (exact) mass is 430 g/mol. The number of hydrogen-bond donors (Lipinski definition) is 0. The number of rotatable bonds is 2. The molecule has 5 rings (SSSR count). The third-order valence-corrected chi connectivity index (χ3v) is 10.1. The second-order valence-corrected chi connectivity index (χ2v) is 11.0. The number of allylic oxidation sites excluding steroid dienone is 1. The van der Waals surface area contributed by atoms with Crippen molar-refractivity contribution in [3.63, 3.8) is 0 Å². The SMILES string of the molecule is COC(=O)C1CC2=CC(=O)CCC2(C)C2C(OC)CC3(C)C(CCC34CCC(=O)O4)C12. The lowest BCUT2D eigenvalue weighted by Crippen LogP contribution is -2.63. The van der Waals surface area contributed by atoms with Crippen molar-refractivity contribution in [1.82, 2.24) is 0 Å². The molecule has 1 saturated heterocycles. The Labute approximate surface area is 184 Å². The first-order chi connectivity index (χ1) is 14.7. The Bertz CT molecular complexity index is 862. The summed E-state index contributed by atoms with van der Waals surface area (Å²) in [4.78, 5) is 37.5. The molecule has 0 radical (unpaired) electrons. The molecule has 0 amide bonds. The van der Waals surface area contributed by atoms with Crippen LogP contribution in [0.2, 0.25) is 0 Å². The lowest BCUT2D eigenvalue weighted by molar-refractivity contribution is -0.201. The summed E-state index contributed by atoms with van der Waals surface area (Å²) >= 11 is 0. The summed E-state index contributed by atoms with van der Waals surface area (Å²) in [5, 5.41) is 0. The molecule has 8 atom stereocenters. The van der Waals surface area contributed by atoms with E-state index in [1.54, 1.807) is 13.2 Å². The van der Waals surface area contributed by atoms with Crippen molar-refractivity contribution >= 4 is 17.7 Å². The topological polar surface area (TPSA) is 78.9 Å². The molecule has 0 aromatic rings. The van der Waals surface area contributed by atoms with Crippen LogP contribution in [0.3, 0.4) is 0 Å². The molecule has 0 bridgehead atoms. The van der Waals surface area contributed by atoms with E-state index in [1.807, 2.05) is 0 Å². The zero-order chi connectivity index (χ0) is 22.2. The Morgan fingerprint density at radius 1 is 1.13 bits per heavy atom. The van der Waals surface area contributed by atoms with Gasteiger partial charge in [0, 0.05) is 25.4 Å². The van der Waals surface area contributed by atoms with E-state index in [2.05, 4.69) is 13.8 Å². The van der Waals surface area contributed by atoms with Gasteiger partial charge in [0.2, 0.25) is 0 Å². The van der Waals surface area contributed by atoms with Gasteiger partial charge in [-0.3, -0.25) is 14.4 Å². The number of carbonyl (C=O) groups excluding carboxylic acids is 3. The fourth-order valence-electron chi connectivity index (χ4n) is 8.54. The number of hydrogen-bond acceptors (Lipinski definition) is 6. The molecule has 170 valence electrons. The van der Waals surface area contributed by atoms with Gasteiger partial charge >= 0.3 is 11.9 Å². The Balaban J connectivity index is 1.64. The predicted molar refractivity (Wildman–Crippen MR) is 112 cm³/mol. The van der Waals surface area contributed by atoms with Crippen molar-refractivity contribution in [3.05, 3.63) is 11.6 Å². The summed E-state index contributed by atoms with van der Waals surface area (Å²) < 4.78 is 17.5. The van der Waals surface area contributed by atoms with Crippen LogP contribution in [0.5, 0.6) is 0 Å². The Hall–Kier alpha value is -1.69. The number of ether oxygens (including phenoxy) is 3. The maximum absolute atomic E-state index is 13.1. The van der Waals surface area contributed by atoms with E-state index in [0.717, 1.165) is 37.7 Å². The van der Waals surface area contributed by atoms with Crippen LogP contribution in [0.15, 0.2) is 11.6 Å². The first-order valence-electron chi connectivity index (χ1n) is 11.8. The summed E-state index contributed by atoms with van der Waals surface area (Å²) in [6.45, 7) is 4.53. The molecular formula is C25H34O6. The minimum Gasteiger partial charge on any atom is -0.469 e. The van der Waals surface area contributed by atoms with Gasteiger partial charge in [0.05, 0.1) is 19.1 Å². The molecule has 8 unspecified atom stereocenters. The van der Waals surface area contributed by atoms with Crippen LogP contribution in [0.4, 0.5) is 0 Å². The lowest BCUT2D eigenvalue weighted by atomic mass is 9.43. The van der Waals surface area contributed by atoms with E-state index in [1.165, 1.54) is 7.11 Å². The molecule has 4 fully saturated rings. The number of fused-ring (bicyclic) bond motifs is 6. The van der Waals surface area contributed by atoms with Crippen LogP contribution >= 0.6 is 0 Å². The average molecular weight is 431 g/mol. The third kappa shape index (κ3) is 2.69. The van der Waals surface area contributed by atoms with Crippen LogP contribution in [0, 0.1) is 34.5 Å². The van der Waals surface area contributed by atoms with E-state index in [4.69, 9.17) is 14.2 Å². The van der Waals surface area contributed by atoms with Crippen LogP contribution in [-0.2, 0) is 28.6 Å². The Morgan fingerprint density at radius 3 is 2.55 bits per heavy atom. The van der Waals surface area contributed by atoms with Crippen molar-refractivity contribution in [2.24, 2.45) is 34.5 Å². The molecule has 1 aliphatic heterocycles. The van der Waals surface area contributed by atoms with Gasteiger partial charge in [-0.15, -0.1) is 0 Å². The Morgan fingerprint density at radius 2 is 1.90 bits per heavy atom. The average Bonchev–Trinajstić information content (AvgIpc) is 3.27. The van der Waals surface area contributed by atoms with Gasteiger partial charge in [0.15, 0.2) is 5.78 Å². The van der Waals surface area contributed by atoms with Crippen molar-refractivity contribution in [3.8, 4) is 0 Å². The minimum absolute atomic E-state index is 0.0606. The highest BCUT2D eigenvalue weighted by Crippen LogP contribution is 2.71. The molecule has 4 aliphatic carbocycles. The molecule has 0 aromatic carbocycles. The van der Waals surface area contributed by atoms with Gasteiger partial charge < -0.3 is 14.2 Å². The van der Waals surface area contributed by atoms with Gasteiger partial charge in [-0.1, -0.05) is 19.4 Å². The fraction of sp³-hybridized carbons (Fsp3) is 0.800. The minimum atomic E-state index is -0.448. The molecule has 6 nitrogen and oxygen atoms in total. The summed E-state index contributed by atoms with van der Waals surface area (Å²) in [6.07, 6.45) is 7.50. The first-order valence-corrected chi connectivity index (χ1v) is 11.8. The normalized spacial score (nSPS) is 48.5. The molecule has 0 aromatic heterocycles. The maximum atomic E-state index is 13.1.